The van der Waals surface area contributed by atoms with Crippen molar-refractivity contribution in [1.29, 1.82) is 0 Å². The standard InChI is InChI=1S/C22H32N4O2S/c1-6-23-22(24-14-18-7-9-19(10-8-18)16-26(3)4)25-15-20-11-12-21(17(2)13-20)29(5,27)28/h7-13H,6,14-16H2,1-5H3,(H2,23,24,25). The summed E-state index contributed by atoms with van der Waals surface area (Å²) in [5.74, 6) is 0.731. The fourth-order valence-corrected chi connectivity index (χ4v) is 4.01. The predicted octanol–water partition coefficient (Wildman–Crippen LogP) is 2.72. The lowest BCUT2D eigenvalue weighted by Crippen LogP contribution is -2.36. The van der Waals surface area contributed by atoms with Crippen molar-refractivity contribution in [3.8, 4) is 0 Å². The molecule has 0 fully saturated rings. The number of benzene rings is 2. The van der Waals surface area contributed by atoms with Crippen molar-refractivity contribution < 1.29 is 8.42 Å². The molecule has 2 aromatic carbocycles. The van der Waals surface area contributed by atoms with E-state index in [0.717, 1.165) is 30.2 Å². The summed E-state index contributed by atoms with van der Waals surface area (Å²) < 4.78 is 23.5. The molecule has 0 spiro atoms. The summed E-state index contributed by atoms with van der Waals surface area (Å²) in [5, 5.41) is 6.60. The first kappa shape index (κ1) is 22.9. The van der Waals surface area contributed by atoms with E-state index in [0.29, 0.717) is 18.0 Å². The van der Waals surface area contributed by atoms with Crippen molar-refractivity contribution in [2.45, 2.75) is 38.4 Å². The lowest BCUT2D eigenvalue weighted by atomic mass is 10.1. The maximum atomic E-state index is 11.8. The van der Waals surface area contributed by atoms with Gasteiger partial charge >= 0.3 is 0 Å². The van der Waals surface area contributed by atoms with E-state index in [2.05, 4.69) is 58.9 Å². The molecule has 158 valence electrons. The number of rotatable bonds is 8. The summed E-state index contributed by atoms with van der Waals surface area (Å²) in [5.41, 5.74) is 4.19. The van der Waals surface area contributed by atoms with Crippen LogP contribution in [0.15, 0.2) is 52.4 Å². The van der Waals surface area contributed by atoms with Crippen molar-refractivity contribution in [3.05, 3.63) is 64.7 Å². The van der Waals surface area contributed by atoms with E-state index >= 15 is 0 Å². The molecule has 2 rings (SSSR count). The molecule has 0 bridgehead atoms. The molecule has 0 saturated heterocycles. The van der Waals surface area contributed by atoms with E-state index in [1.165, 1.54) is 17.4 Å². The molecule has 2 N–H and O–H groups in total. The second kappa shape index (κ2) is 10.4. The van der Waals surface area contributed by atoms with Crippen LogP contribution in [0.4, 0.5) is 0 Å². The van der Waals surface area contributed by atoms with E-state index in [1.807, 2.05) is 26.0 Å². The monoisotopic (exact) mass is 416 g/mol. The molecule has 0 heterocycles. The van der Waals surface area contributed by atoms with E-state index < -0.39 is 9.84 Å². The Bertz CT molecular complexity index is 936. The molecule has 29 heavy (non-hydrogen) atoms. The van der Waals surface area contributed by atoms with Crippen molar-refractivity contribution in [2.75, 3.05) is 26.9 Å². The first-order valence-electron chi connectivity index (χ1n) is 9.73. The minimum absolute atomic E-state index is 0.368. The largest absolute Gasteiger partial charge is 0.357 e. The molecular weight excluding hydrogens is 384 g/mol. The molecule has 0 atom stereocenters. The number of aryl methyl sites for hydroxylation is 1. The van der Waals surface area contributed by atoms with Gasteiger partial charge in [-0.05, 0) is 56.3 Å². The van der Waals surface area contributed by atoms with Crippen LogP contribution in [0.3, 0.4) is 0 Å². The van der Waals surface area contributed by atoms with Gasteiger partial charge in [-0.2, -0.15) is 0 Å². The molecule has 2 aromatic rings. The Morgan fingerprint density at radius 2 is 1.62 bits per heavy atom. The number of hydrogen-bond acceptors (Lipinski definition) is 4. The van der Waals surface area contributed by atoms with Crippen LogP contribution in [0.5, 0.6) is 0 Å². The van der Waals surface area contributed by atoms with Gasteiger partial charge < -0.3 is 15.5 Å². The number of hydrogen-bond donors (Lipinski definition) is 2. The number of sulfone groups is 1. The van der Waals surface area contributed by atoms with Crippen LogP contribution < -0.4 is 10.6 Å². The van der Waals surface area contributed by atoms with Crippen LogP contribution in [0.25, 0.3) is 0 Å². The average molecular weight is 417 g/mol. The summed E-state index contributed by atoms with van der Waals surface area (Å²) in [6.45, 7) is 6.68. The lowest BCUT2D eigenvalue weighted by Gasteiger charge is -2.13. The molecule has 0 aliphatic carbocycles. The molecular formula is C22H32N4O2S. The fraction of sp³-hybridized carbons (Fsp3) is 0.409. The predicted molar refractivity (Wildman–Crippen MR) is 120 cm³/mol. The van der Waals surface area contributed by atoms with Crippen molar-refractivity contribution >= 4 is 15.8 Å². The van der Waals surface area contributed by atoms with Gasteiger partial charge in [-0.1, -0.05) is 36.4 Å². The van der Waals surface area contributed by atoms with E-state index in [9.17, 15) is 8.42 Å². The maximum absolute atomic E-state index is 11.8. The second-order valence-corrected chi connectivity index (χ2v) is 9.46. The van der Waals surface area contributed by atoms with Crippen LogP contribution in [0, 0.1) is 6.92 Å². The van der Waals surface area contributed by atoms with Gasteiger partial charge in [0.25, 0.3) is 0 Å². The Kier molecular flexibility index (Phi) is 8.22. The number of aliphatic imine (C=N–C) groups is 1. The molecule has 0 aromatic heterocycles. The summed E-state index contributed by atoms with van der Waals surface area (Å²) in [4.78, 5) is 7.14. The van der Waals surface area contributed by atoms with Gasteiger partial charge in [-0.25, -0.2) is 13.4 Å². The van der Waals surface area contributed by atoms with Gasteiger partial charge in [0.15, 0.2) is 15.8 Å². The smallest absolute Gasteiger partial charge is 0.191 e. The molecule has 0 aliphatic heterocycles. The van der Waals surface area contributed by atoms with Gasteiger partial charge in [0.1, 0.15) is 0 Å². The van der Waals surface area contributed by atoms with E-state index in [1.54, 1.807) is 6.07 Å². The number of nitrogens with one attached hydrogen (secondary N) is 2. The summed E-state index contributed by atoms with van der Waals surface area (Å²) >= 11 is 0. The number of nitrogens with zero attached hydrogens (tertiary/aromatic N) is 2. The van der Waals surface area contributed by atoms with Crippen LogP contribution in [-0.2, 0) is 29.5 Å². The third-order valence-corrected chi connectivity index (χ3v) is 5.64. The molecule has 6 nitrogen and oxygen atoms in total. The molecule has 0 unspecified atom stereocenters. The van der Waals surface area contributed by atoms with Gasteiger partial charge in [0, 0.05) is 25.9 Å². The Hall–Kier alpha value is -2.38. The van der Waals surface area contributed by atoms with Crippen molar-refractivity contribution in [3.63, 3.8) is 0 Å². The third-order valence-electron chi connectivity index (χ3n) is 4.38. The Morgan fingerprint density at radius 3 is 2.17 bits per heavy atom. The minimum Gasteiger partial charge on any atom is -0.357 e. The zero-order valence-electron chi connectivity index (χ0n) is 18.0. The van der Waals surface area contributed by atoms with Gasteiger partial charge in [-0.15, -0.1) is 0 Å². The Balaban J connectivity index is 2.02. The van der Waals surface area contributed by atoms with E-state index in [-0.39, 0.29) is 0 Å². The first-order valence-corrected chi connectivity index (χ1v) is 11.6. The van der Waals surface area contributed by atoms with E-state index in [4.69, 9.17) is 0 Å². The second-order valence-electron chi connectivity index (χ2n) is 7.48. The van der Waals surface area contributed by atoms with Crippen molar-refractivity contribution in [1.82, 2.24) is 15.5 Å². The zero-order chi connectivity index (χ0) is 21.4. The molecule has 0 radical (unpaired) electrons. The van der Waals surface area contributed by atoms with Gasteiger partial charge in [0.2, 0.25) is 0 Å². The highest BCUT2D eigenvalue weighted by Crippen LogP contribution is 2.17. The summed E-state index contributed by atoms with van der Waals surface area (Å²) in [6.07, 6.45) is 1.23. The maximum Gasteiger partial charge on any atom is 0.191 e. The number of guanidine groups is 1. The highest BCUT2D eigenvalue weighted by Gasteiger charge is 2.10. The molecule has 0 aliphatic rings. The fourth-order valence-electron chi connectivity index (χ4n) is 3.05. The van der Waals surface area contributed by atoms with Crippen LogP contribution in [0.2, 0.25) is 0 Å². The summed E-state index contributed by atoms with van der Waals surface area (Å²) in [7, 11) is 0.918. The Morgan fingerprint density at radius 1 is 1.00 bits per heavy atom. The van der Waals surface area contributed by atoms with Crippen LogP contribution in [0.1, 0.15) is 29.2 Å². The first-order chi connectivity index (χ1) is 13.7. The quantitative estimate of drug-likeness (QED) is 0.511. The SMILES string of the molecule is CCNC(=NCc1ccc(S(C)(=O)=O)c(C)c1)NCc1ccc(CN(C)C)cc1. The highest BCUT2D eigenvalue weighted by atomic mass is 32.2. The van der Waals surface area contributed by atoms with Crippen LogP contribution in [-0.4, -0.2) is 46.2 Å². The zero-order valence-corrected chi connectivity index (χ0v) is 18.8. The molecule has 0 amide bonds. The van der Waals surface area contributed by atoms with Crippen LogP contribution >= 0.6 is 0 Å². The Labute approximate surface area is 175 Å². The lowest BCUT2D eigenvalue weighted by molar-refractivity contribution is 0.402. The average Bonchev–Trinajstić information content (AvgIpc) is 2.63. The molecule has 7 heteroatoms. The topological polar surface area (TPSA) is 73.8 Å². The normalized spacial score (nSPS) is 12.3. The van der Waals surface area contributed by atoms with Crippen molar-refractivity contribution in [2.24, 2.45) is 4.99 Å². The highest BCUT2D eigenvalue weighted by molar-refractivity contribution is 7.90. The van der Waals surface area contributed by atoms with Gasteiger partial charge in [-0.3, -0.25) is 0 Å². The summed E-state index contributed by atoms with van der Waals surface area (Å²) in [6, 6.07) is 13.9. The molecule has 0 saturated carbocycles. The van der Waals surface area contributed by atoms with Gasteiger partial charge in [0.05, 0.1) is 11.4 Å². The third kappa shape index (κ3) is 7.51. The minimum atomic E-state index is -3.20.